The highest BCUT2D eigenvalue weighted by Crippen LogP contribution is 2.50. The highest BCUT2D eigenvalue weighted by molar-refractivity contribution is 5.78. The van der Waals surface area contributed by atoms with Gasteiger partial charge in [0.2, 0.25) is 0 Å². The van der Waals surface area contributed by atoms with E-state index in [1.54, 1.807) is 42.5 Å². The summed E-state index contributed by atoms with van der Waals surface area (Å²) < 4.78 is 86.1. The summed E-state index contributed by atoms with van der Waals surface area (Å²) in [6.45, 7) is 0. The summed E-state index contributed by atoms with van der Waals surface area (Å²) in [7, 11) is 1.46. The van der Waals surface area contributed by atoms with Crippen molar-refractivity contribution < 1.29 is 36.2 Å². The smallest absolute Gasteiger partial charge is 0.430 e. The summed E-state index contributed by atoms with van der Waals surface area (Å²) in [4.78, 5) is 17.9. The average molecular weight is 508 g/mol. The minimum absolute atomic E-state index is 0.0291. The highest BCUT2D eigenvalue weighted by atomic mass is 19.4. The Morgan fingerprint density at radius 1 is 0.861 bits per heavy atom. The molecule has 1 heterocycles. The van der Waals surface area contributed by atoms with E-state index in [0.29, 0.717) is 29.0 Å². The Labute approximate surface area is 200 Å². The molecule has 0 atom stereocenters. The Morgan fingerprint density at radius 3 is 2.06 bits per heavy atom. The van der Waals surface area contributed by atoms with Crippen LogP contribution in [0.3, 0.4) is 0 Å². The first-order valence-electron chi connectivity index (χ1n) is 10.5. The van der Waals surface area contributed by atoms with Crippen molar-refractivity contribution >= 4 is 10.9 Å². The summed E-state index contributed by atoms with van der Waals surface area (Å²) in [5, 5.41) is 9.88. The standard InChI is InChI=1S/C25H18F6N2O3/c1-36-20-9-5-2-6-15(20)14-21-32-19-8-4-3-7-18(19)22(34)33(21)17-12-10-16(11-13-17)23(35,24(26,27)28)25(29,30)31/h2-13,35H,14H2,1H3. The summed E-state index contributed by atoms with van der Waals surface area (Å²) >= 11 is 0. The Kier molecular flexibility index (Phi) is 6.29. The molecule has 1 aromatic heterocycles. The first-order chi connectivity index (χ1) is 16.9. The van der Waals surface area contributed by atoms with Gasteiger partial charge in [-0.1, -0.05) is 42.5 Å². The second-order valence-electron chi connectivity index (χ2n) is 7.93. The zero-order chi connectivity index (χ0) is 26.3. The summed E-state index contributed by atoms with van der Waals surface area (Å²) in [6.07, 6.45) is -12.0. The van der Waals surface area contributed by atoms with Crippen LogP contribution in [0.2, 0.25) is 0 Å². The summed E-state index contributed by atoms with van der Waals surface area (Å²) in [5.74, 6) is 0.681. The van der Waals surface area contributed by atoms with Crippen LogP contribution in [0.25, 0.3) is 16.6 Å². The molecule has 0 saturated carbocycles. The van der Waals surface area contributed by atoms with Gasteiger partial charge in [-0.3, -0.25) is 9.36 Å². The van der Waals surface area contributed by atoms with Gasteiger partial charge in [-0.15, -0.1) is 0 Å². The molecular weight excluding hydrogens is 490 g/mol. The van der Waals surface area contributed by atoms with Crippen molar-refractivity contribution in [2.75, 3.05) is 7.11 Å². The summed E-state index contributed by atoms with van der Waals surface area (Å²) in [5.41, 5.74) is -6.09. The van der Waals surface area contributed by atoms with Crippen molar-refractivity contribution in [1.82, 2.24) is 9.55 Å². The highest BCUT2D eigenvalue weighted by Gasteiger charge is 2.71. The van der Waals surface area contributed by atoms with Crippen LogP contribution in [0.4, 0.5) is 26.3 Å². The molecule has 0 saturated heterocycles. The van der Waals surface area contributed by atoms with Crippen molar-refractivity contribution in [2.45, 2.75) is 24.4 Å². The third-order valence-electron chi connectivity index (χ3n) is 5.75. The monoisotopic (exact) mass is 508 g/mol. The fraction of sp³-hybridized carbons (Fsp3) is 0.200. The number of ether oxygens (including phenoxy) is 1. The van der Waals surface area contributed by atoms with Gasteiger partial charge in [0.25, 0.3) is 11.2 Å². The van der Waals surface area contributed by atoms with Crippen LogP contribution < -0.4 is 10.3 Å². The molecule has 0 amide bonds. The molecule has 4 aromatic rings. The van der Waals surface area contributed by atoms with E-state index < -0.39 is 29.1 Å². The van der Waals surface area contributed by atoms with Crippen molar-refractivity contribution in [3.8, 4) is 11.4 Å². The quantitative estimate of drug-likeness (QED) is 0.372. The van der Waals surface area contributed by atoms with Crippen LogP contribution in [0.1, 0.15) is 17.0 Å². The lowest BCUT2D eigenvalue weighted by Gasteiger charge is -2.32. The number of aromatic nitrogens is 2. The van der Waals surface area contributed by atoms with E-state index in [0.717, 1.165) is 16.7 Å². The van der Waals surface area contributed by atoms with E-state index in [1.165, 1.54) is 13.2 Å². The Hall–Kier alpha value is -3.86. The van der Waals surface area contributed by atoms with Gasteiger partial charge >= 0.3 is 12.4 Å². The van der Waals surface area contributed by atoms with E-state index >= 15 is 0 Å². The first-order valence-corrected chi connectivity index (χ1v) is 10.5. The van der Waals surface area contributed by atoms with Gasteiger partial charge in [0.15, 0.2) is 0 Å². The Morgan fingerprint density at radius 2 is 1.44 bits per heavy atom. The number of para-hydroxylation sites is 2. The second-order valence-corrected chi connectivity index (χ2v) is 7.93. The van der Waals surface area contributed by atoms with E-state index in [-0.39, 0.29) is 23.3 Å². The number of nitrogens with zero attached hydrogens (tertiary/aromatic N) is 2. The zero-order valence-electron chi connectivity index (χ0n) is 18.6. The van der Waals surface area contributed by atoms with Crippen LogP contribution in [0, 0.1) is 0 Å². The van der Waals surface area contributed by atoms with E-state index in [2.05, 4.69) is 4.98 Å². The number of halogens is 6. The SMILES string of the molecule is COc1ccccc1Cc1nc2ccccc2c(=O)n1-c1ccc(C(O)(C(F)(F)F)C(F)(F)F)cc1. The van der Waals surface area contributed by atoms with Crippen LogP contribution >= 0.6 is 0 Å². The van der Waals surface area contributed by atoms with Gasteiger partial charge in [-0.05, 0) is 30.3 Å². The van der Waals surface area contributed by atoms with E-state index in [1.807, 2.05) is 0 Å². The van der Waals surface area contributed by atoms with Crippen molar-refractivity contribution in [1.29, 1.82) is 0 Å². The number of methoxy groups -OCH3 is 1. The molecule has 11 heteroatoms. The lowest BCUT2D eigenvalue weighted by atomic mass is 9.92. The predicted octanol–water partition coefficient (Wildman–Crippen LogP) is 5.30. The maximum absolute atomic E-state index is 13.4. The molecule has 0 aliphatic rings. The van der Waals surface area contributed by atoms with Crippen molar-refractivity contribution in [3.63, 3.8) is 0 Å². The van der Waals surface area contributed by atoms with Crippen LogP contribution in [-0.2, 0) is 12.0 Å². The normalized spacial score (nSPS) is 12.7. The maximum Gasteiger partial charge on any atom is 0.430 e. The number of rotatable bonds is 5. The number of hydrogen-bond acceptors (Lipinski definition) is 4. The number of fused-ring (bicyclic) bond motifs is 1. The third kappa shape index (κ3) is 4.19. The average Bonchev–Trinajstić information content (AvgIpc) is 2.83. The first kappa shape index (κ1) is 25.2. The lowest BCUT2D eigenvalue weighted by Crippen LogP contribution is -2.53. The fourth-order valence-electron chi connectivity index (χ4n) is 3.92. The Bertz CT molecular complexity index is 1450. The van der Waals surface area contributed by atoms with E-state index in [4.69, 9.17) is 4.74 Å². The predicted molar refractivity (Wildman–Crippen MR) is 119 cm³/mol. The van der Waals surface area contributed by atoms with Crippen molar-refractivity contribution in [2.24, 2.45) is 0 Å². The Balaban J connectivity index is 1.90. The van der Waals surface area contributed by atoms with Gasteiger partial charge in [0, 0.05) is 17.5 Å². The van der Waals surface area contributed by atoms with Gasteiger partial charge < -0.3 is 9.84 Å². The number of alkyl halides is 6. The molecule has 0 fully saturated rings. The molecule has 4 rings (SSSR count). The topological polar surface area (TPSA) is 64.3 Å². The third-order valence-corrected chi connectivity index (χ3v) is 5.75. The fourth-order valence-corrected chi connectivity index (χ4v) is 3.92. The van der Waals surface area contributed by atoms with Gasteiger partial charge in [-0.25, -0.2) is 4.98 Å². The molecule has 3 aromatic carbocycles. The molecule has 188 valence electrons. The molecule has 0 radical (unpaired) electrons. The number of benzene rings is 3. The van der Waals surface area contributed by atoms with Gasteiger partial charge in [-0.2, -0.15) is 26.3 Å². The maximum atomic E-state index is 13.4. The largest absolute Gasteiger partial charge is 0.496 e. The van der Waals surface area contributed by atoms with E-state index in [9.17, 15) is 36.2 Å². The molecule has 5 nitrogen and oxygen atoms in total. The second kappa shape index (κ2) is 8.98. The van der Waals surface area contributed by atoms with Gasteiger partial charge in [0.05, 0.1) is 23.7 Å². The van der Waals surface area contributed by atoms with Crippen LogP contribution in [0.15, 0.2) is 77.6 Å². The van der Waals surface area contributed by atoms with Gasteiger partial charge in [0.1, 0.15) is 11.6 Å². The molecule has 36 heavy (non-hydrogen) atoms. The molecule has 0 bridgehead atoms. The van der Waals surface area contributed by atoms with Crippen LogP contribution in [0.5, 0.6) is 5.75 Å². The minimum Gasteiger partial charge on any atom is -0.496 e. The number of hydrogen-bond donors (Lipinski definition) is 1. The molecule has 0 unspecified atom stereocenters. The lowest BCUT2D eigenvalue weighted by molar-refractivity contribution is -0.376. The zero-order valence-corrected chi connectivity index (χ0v) is 18.6. The molecule has 1 N–H and O–H groups in total. The molecule has 0 aliphatic carbocycles. The number of aliphatic hydroxyl groups is 1. The molecule has 0 spiro atoms. The minimum atomic E-state index is -6.02. The van der Waals surface area contributed by atoms with Crippen LogP contribution in [-0.4, -0.2) is 34.1 Å². The van der Waals surface area contributed by atoms with Crippen molar-refractivity contribution in [3.05, 3.63) is 100 Å². The summed E-state index contributed by atoms with van der Waals surface area (Å²) in [6, 6.07) is 16.1. The molecular formula is C25H18F6N2O3. The molecule has 0 aliphatic heterocycles.